The monoisotopic (exact) mass is 172 g/mol. The zero-order chi connectivity index (χ0) is 9.42. The molecule has 0 heterocycles. The highest BCUT2D eigenvalue weighted by Gasteiger charge is 2.03. The zero-order valence-electron chi connectivity index (χ0n) is 7.83. The van der Waals surface area contributed by atoms with Gasteiger partial charge in [0.1, 0.15) is 5.75 Å². The van der Waals surface area contributed by atoms with Gasteiger partial charge in [-0.25, -0.2) is 0 Å². The Morgan fingerprint density at radius 1 is 0.846 bits per heavy atom. The molecule has 0 aliphatic rings. The Labute approximate surface area is 77.6 Å². The third kappa shape index (κ3) is 1.17. The van der Waals surface area contributed by atoms with E-state index < -0.39 is 0 Å². The number of aryl methyl sites for hydroxylation is 2. The SMILES string of the molecule is Cc1ccc2c(C)cccc2c1O. The molecule has 2 rings (SSSR count). The van der Waals surface area contributed by atoms with Crippen molar-refractivity contribution in [2.75, 3.05) is 0 Å². The molecular weight excluding hydrogens is 160 g/mol. The summed E-state index contributed by atoms with van der Waals surface area (Å²) in [4.78, 5) is 0. The Morgan fingerprint density at radius 3 is 2.38 bits per heavy atom. The van der Waals surface area contributed by atoms with Crippen molar-refractivity contribution in [2.45, 2.75) is 13.8 Å². The molecule has 0 atom stereocenters. The van der Waals surface area contributed by atoms with Crippen LogP contribution in [0, 0.1) is 13.8 Å². The molecule has 0 aliphatic carbocycles. The second-order valence-electron chi connectivity index (χ2n) is 3.40. The first-order valence-corrected chi connectivity index (χ1v) is 4.38. The van der Waals surface area contributed by atoms with E-state index >= 15 is 0 Å². The van der Waals surface area contributed by atoms with Gasteiger partial charge in [0.2, 0.25) is 0 Å². The Morgan fingerprint density at radius 2 is 1.62 bits per heavy atom. The summed E-state index contributed by atoms with van der Waals surface area (Å²) in [7, 11) is 0. The molecule has 0 saturated carbocycles. The van der Waals surface area contributed by atoms with Crippen LogP contribution in [0.5, 0.6) is 5.75 Å². The predicted molar refractivity (Wildman–Crippen MR) is 55.1 cm³/mol. The zero-order valence-corrected chi connectivity index (χ0v) is 7.83. The van der Waals surface area contributed by atoms with Crippen LogP contribution in [0.3, 0.4) is 0 Å². The van der Waals surface area contributed by atoms with E-state index in [1.165, 1.54) is 5.56 Å². The summed E-state index contributed by atoms with van der Waals surface area (Å²) in [6.45, 7) is 3.97. The molecule has 0 fully saturated rings. The molecule has 2 aromatic carbocycles. The lowest BCUT2D eigenvalue weighted by Crippen LogP contribution is -1.81. The minimum atomic E-state index is 0.404. The third-order valence-electron chi connectivity index (χ3n) is 2.45. The largest absolute Gasteiger partial charge is 0.507 e. The molecule has 13 heavy (non-hydrogen) atoms. The minimum Gasteiger partial charge on any atom is -0.507 e. The summed E-state index contributed by atoms with van der Waals surface area (Å²) in [6, 6.07) is 9.98. The number of phenolic OH excluding ortho intramolecular Hbond substituents is 1. The lowest BCUT2D eigenvalue weighted by molar-refractivity contribution is 0.477. The van der Waals surface area contributed by atoms with Gasteiger partial charge in [-0.1, -0.05) is 30.3 Å². The molecule has 0 aliphatic heterocycles. The van der Waals surface area contributed by atoms with Crippen LogP contribution in [0.4, 0.5) is 0 Å². The highest BCUT2D eigenvalue weighted by Crippen LogP contribution is 2.29. The van der Waals surface area contributed by atoms with E-state index in [1.54, 1.807) is 0 Å². The maximum absolute atomic E-state index is 9.78. The van der Waals surface area contributed by atoms with Crippen molar-refractivity contribution >= 4 is 10.8 Å². The first kappa shape index (κ1) is 8.11. The normalized spacial score (nSPS) is 10.6. The summed E-state index contributed by atoms with van der Waals surface area (Å²) in [5.41, 5.74) is 2.13. The number of hydrogen-bond donors (Lipinski definition) is 1. The number of fused-ring (bicyclic) bond motifs is 1. The van der Waals surface area contributed by atoms with Crippen molar-refractivity contribution in [1.29, 1.82) is 0 Å². The molecule has 0 spiro atoms. The van der Waals surface area contributed by atoms with Crippen molar-refractivity contribution in [3.8, 4) is 5.75 Å². The van der Waals surface area contributed by atoms with Crippen molar-refractivity contribution in [3.05, 3.63) is 41.5 Å². The second-order valence-corrected chi connectivity index (χ2v) is 3.40. The summed E-state index contributed by atoms with van der Waals surface area (Å²) < 4.78 is 0. The van der Waals surface area contributed by atoms with Gasteiger partial charge in [0, 0.05) is 5.39 Å². The highest BCUT2D eigenvalue weighted by molar-refractivity contribution is 5.91. The highest BCUT2D eigenvalue weighted by atomic mass is 16.3. The molecule has 0 aromatic heterocycles. The van der Waals surface area contributed by atoms with Crippen LogP contribution in [0.15, 0.2) is 30.3 Å². The molecule has 66 valence electrons. The van der Waals surface area contributed by atoms with Crippen LogP contribution in [0.1, 0.15) is 11.1 Å². The number of benzene rings is 2. The van der Waals surface area contributed by atoms with Gasteiger partial charge < -0.3 is 5.11 Å². The van der Waals surface area contributed by atoms with Crippen LogP contribution in [-0.4, -0.2) is 5.11 Å². The van der Waals surface area contributed by atoms with Crippen molar-refractivity contribution in [2.24, 2.45) is 0 Å². The Bertz CT molecular complexity index is 458. The molecule has 0 saturated heterocycles. The van der Waals surface area contributed by atoms with E-state index in [0.29, 0.717) is 5.75 Å². The van der Waals surface area contributed by atoms with Gasteiger partial charge in [0.05, 0.1) is 0 Å². The number of rotatable bonds is 0. The van der Waals surface area contributed by atoms with Crippen molar-refractivity contribution < 1.29 is 5.11 Å². The van der Waals surface area contributed by atoms with Gasteiger partial charge in [-0.05, 0) is 30.4 Å². The topological polar surface area (TPSA) is 20.2 Å². The minimum absolute atomic E-state index is 0.404. The van der Waals surface area contributed by atoms with Gasteiger partial charge in [-0.15, -0.1) is 0 Å². The summed E-state index contributed by atoms with van der Waals surface area (Å²) in [5, 5.41) is 11.9. The van der Waals surface area contributed by atoms with Crippen LogP contribution < -0.4 is 0 Å². The van der Waals surface area contributed by atoms with Crippen LogP contribution >= 0.6 is 0 Å². The summed E-state index contributed by atoms with van der Waals surface area (Å²) in [5.74, 6) is 0.404. The number of aromatic hydroxyl groups is 1. The van der Waals surface area contributed by atoms with E-state index in [-0.39, 0.29) is 0 Å². The maximum atomic E-state index is 9.78. The molecular formula is C12H12O. The van der Waals surface area contributed by atoms with Gasteiger partial charge in [-0.2, -0.15) is 0 Å². The summed E-state index contributed by atoms with van der Waals surface area (Å²) in [6.07, 6.45) is 0. The average Bonchev–Trinajstić information content (AvgIpc) is 2.12. The van der Waals surface area contributed by atoms with Gasteiger partial charge in [-0.3, -0.25) is 0 Å². The number of hydrogen-bond acceptors (Lipinski definition) is 1. The first-order valence-electron chi connectivity index (χ1n) is 4.38. The fraction of sp³-hybridized carbons (Fsp3) is 0.167. The molecule has 1 heteroatoms. The quantitative estimate of drug-likeness (QED) is 0.647. The van der Waals surface area contributed by atoms with E-state index in [0.717, 1.165) is 16.3 Å². The fourth-order valence-corrected chi connectivity index (χ4v) is 1.61. The van der Waals surface area contributed by atoms with E-state index in [1.807, 2.05) is 25.1 Å². The van der Waals surface area contributed by atoms with Crippen LogP contribution in [0.2, 0.25) is 0 Å². The van der Waals surface area contributed by atoms with Crippen molar-refractivity contribution in [3.63, 3.8) is 0 Å². The van der Waals surface area contributed by atoms with E-state index in [9.17, 15) is 5.11 Å². The Balaban J connectivity index is 2.94. The number of phenols is 1. The van der Waals surface area contributed by atoms with E-state index in [4.69, 9.17) is 0 Å². The third-order valence-corrected chi connectivity index (χ3v) is 2.45. The van der Waals surface area contributed by atoms with Crippen LogP contribution in [0.25, 0.3) is 10.8 Å². The van der Waals surface area contributed by atoms with Crippen molar-refractivity contribution in [1.82, 2.24) is 0 Å². The first-order chi connectivity index (χ1) is 6.20. The molecule has 0 amide bonds. The molecule has 0 unspecified atom stereocenters. The maximum Gasteiger partial charge on any atom is 0.126 e. The smallest absolute Gasteiger partial charge is 0.126 e. The standard InChI is InChI=1S/C12H12O/c1-8-4-3-5-11-10(8)7-6-9(2)12(11)13/h3-7,13H,1-2H3. The molecule has 1 nitrogen and oxygen atoms in total. The summed E-state index contributed by atoms with van der Waals surface area (Å²) >= 11 is 0. The molecule has 0 radical (unpaired) electrons. The Kier molecular flexibility index (Phi) is 1.73. The van der Waals surface area contributed by atoms with Crippen LogP contribution in [-0.2, 0) is 0 Å². The lowest BCUT2D eigenvalue weighted by Gasteiger charge is -2.05. The Hall–Kier alpha value is -1.50. The predicted octanol–water partition coefficient (Wildman–Crippen LogP) is 3.16. The lowest BCUT2D eigenvalue weighted by atomic mass is 10.0. The molecule has 2 aromatic rings. The molecule has 1 N–H and O–H groups in total. The van der Waals surface area contributed by atoms with Gasteiger partial charge >= 0.3 is 0 Å². The molecule has 0 bridgehead atoms. The second kappa shape index (κ2) is 2.77. The van der Waals surface area contributed by atoms with Gasteiger partial charge in [0.15, 0.2) is 0 Å². The fourth-order valence-electron chi connectivity index (χ4n) is 1.61. The average molecular weight is 172 g/mol. The van der Waals surface area contributed by atoms with Gasteiger partial charge in [0.25, 0.3) is 0 Å². The van der Waals surface area contributed by atoms with E-state index in [2.05, 4.69) is 19.1 Å².